The van der Waals surface area contributed by atoms with E-state index < -0.39 is 0 Å². The molecule has 1 aliphatic rings. The average Bonchev–Trinajstić information content (AvgIpc) is 3.06. The van der Waals surface area contributed by atoms with Crippen LogP contribution in [-0.2, 0) is 11.8 Å². The van der Waals surface area contributed by atoms with Crippen molar-refractivity contribution in [1.29, 1.82) is 0 Å². The van der Waals surface area contributed by atoms with Gasteiger partial charge in [0.2, 0.25) is 5.91 Å². The molecule has 1 saturated heterocycles. The van der Waals surface area contributed by atoms with E-state index in [1.807, 2.05) is 38.0 Å². The van der Waals surface area contributed by atoms with Gasteiger partial charge < -0.3 is 20.4 Å². The maximum absolute atomic E-state index is 12.0. The topological polar surface area (TPSA) is 81.0 Å². The molecule has 0 saturated carbocycles. The van der Waals surface area contributed by atoms with Crippen molar-refractivity contribution in [3.63, 3.8) is 0 Å². The lowest BCUT2D eigenvalue weighted by atomic mass is 10.1. The summed E-state index contributed by atoms with van der Waals surface area (Å²) in [5, 5.41) is 10.7. The minimum Gasteiger partial charge on any atom is -0.357 e. The molecule has 0 aromatic carbocycles. The molecule has 2 N–H and O–H groups in total. The van der Waals surface area contributed by atoms with E-state index in [1.54, 1.807) is 0 Å². The molecule has 0 spiro atoms. The average molecular weight is 407 g/mol. The summed E-state index contributed by atoms with van der Waals surface area (Å²) < 4.78 is 1.83. The molecule has 9 nitrogen and oxygen atoms in total. The quantitative estimate of drug-likeness (QED) is 0.472. The van der Waals surface area contributed by atoms with Gasteiger partial charge in [-0.05, 0) is 34.9 Å². The summed E-state index contributed by atoms with van der Waals surface area (Å²) in [6.45, 7) is 11.5. The summed E-state index contributed by atoms with van der Waals surface area (Å²) in [6, 6.07) is 0.360. The number of nitrogens with zero attached hydrogens (tertiary/aromatic N) is 6. The lowest BCUT2D eigenvalue weighted by Gasteiger charge is -2.36. The van der Waals surface area contributed by atoms with Crippen LogP contribution in [0.15, 0.2) is 17.4 Å². The van der Waals surface area contributed by atoms with E-state index in [9.17, 15) is 4.79 Å². The number of hydrogen-bond acceptors (Lipinski definition) is 5. The maximum Gasteiger partial charge on any atom is 0.234 e. The van der Waals surface area contributed by atoms with Gasteiger partial charge in [-0.1, -0.05) is 0 Å². The molecule has 1 fully saturated rings. The van der Waals surface area contributed by atoms with Crippen LogP contribution in [0.1, 0.15) is 32.4 Å². The Morgan fingerprint density at radius 2 is 1.97 bits per heavy atom. The summed E-state index contributed by atoms with van der Waals surface area (Å²) in [5.41, 5.74) is 1.16. The summed E-state index contributed by atoms with van der Waals surface area (Å²) in [5.74, 6) is 1.04. The van der Waals surface area contributed by atoms with Crippen LogP contribution in [0, 0.1) is 0 Å². The van der Waals surface area contributed by atoms with Gasteiger partial charge in [0, 0.05) is 57.6 Å². The minimum absolute atomic E-state index is 0.0966. The molecule has 1 amide bonds. The van der Waals surface area contributed by atoms with Gasteiger partial charge in [0.25, 0.3) is 0 Å². The third kappa shape index (κ3) is 7.32. The van der Waals surface area contributed by atoms with E-state index in [1.165, 1.54) is 0 Å². The molecule has 1 aromatic rings. The number of guanidine groups is 1. The van der Waals surface area contributed by atoms with Crippen LogP contribution >= 0.6 is 0 Å². The van der Waals surface area contributed by atoms with Gasteiger partial charge in [0.1, 0.15) is 0 Å². The van der Waals surface area contributed by atoms with Gasteiger partial charge >= 0.3 is 0 Å². The van der Waals surface area contributed by atoms with Crippen LogP contribution in [0.2, 0.25) is 0 Å². The second-order valence-electron chi connectivity index (χ2n) is 8.11. The Kier molecular flexibility index (Phi) is 8.91. The lowest BCUT2D eigenvalue weighted by Crippen LogP contribution is -2.54. The van der Waals surface area contributed by atoms with Gasteiger partial charge in [-0.25, -0.2) is 0 Å². The van der Waals surface area contributed by atoms with Gasteiger partial charge in [-0.15, -0.1) is 0 Å². The van der Waals surface area contributed by atoms with Gasteiger partial charge in [0.05, 0.1) is 25.3 Å². The zero-order chi connectivity index (χ0) is 21.4. The number of aromatic nitrogens is 2. The van der Waals surface area contributed by atoms with Crippen molar-refractivity contribution in [3.8, 4) is 0 Å². The fourth-order valence-corrected chi connectivity index (χ4v) is 3.47. The Labute approximate surface area is 175 Å². The van der Waals surface area contributed by atoms with Crippen molar-refractivity contribution in [1.82, 2.24) is 35.1 Å². The number of aliphatic imine (C=N–C) groups is 1. The molecule has 0 bridgehead atoms. The van der Waals surface area contributed by atoms with Crippen molar-refractivity contribution in [3.05, 3.63) is 18.0 Å². The minimum atomic E-state index is 0.0966. The van der Waals surface area contributed by atoms with Crippen LogP contribution < -0.4 is 10.6 Å². The fourth-order valence-electron chi connectivity index (χ4n) is 3.47. The van der Waals surface area contributed by atoms with Crippen molar-refractivity contribution < 1.29 is 4.79 Å². The van der Waals surface area contributed by atoms with Crippen LogP contribution in [0.25, 0.3) is 0 Å². The molecule has 0 aliphatic carbocycles. The van der Waals surface area contributed by atoms with Gasteiger partial charge in [0.15, 0.2) is 5.96 Å². The first kappa shape index (κ1) is 23.2. The molecule has 9 heteroatoms. The Balaban J connectivity index is 1.96. The number of amides is 1. The molecular formula is C20H38N8O. The van der Waals surface area contributed by atoms with Crippen LogP contribution in [-0.4, -0.2) is 102 Å². The first-order chi connectivity index (χ1) is 13.8. The number of nitrogens with one attached hydrogen (secondary N) is 2. The summed E-state index contributed by atoms with van der Waals surface area (Å²) >= 11 is 0. The molecule has 0 radical (unpaired) electrons. The highest BCUT2D eigenvalue weighted by atomic mass is 16.2. The van der Waals surface area contributed by atoms with E-state index in [0.29, 0.717) is 13.1 Å². The monoisotopic (exact) mass is 406 g/mol. The molecule has 1 atom stereocenters. The number of aryl methyl sites for hydroxylation is 1. The number of rotatable bonds is 8. The number of carbonyl (C=O) groups excluding carboxylic acids is 1. The summed E-state index contributed by atoms with van der Waals surface area (Å²) in [4.78, 5) is 23.6. The normalized spacial score (nSPS) is 17.1. The number of hydrogen-bond donors (Lipinski definition) is 2. The standard InChI is InChI=1S/C20H38N8O/c1-7-21-20(22-13-18(25(4)5)17-12-23-26(6)14-17)28-10-8-27(9-11-28)15-19(29)24-16(2)3/h12,14,16,18H,7-11,13,15H2,1-6H3,(H,21,22)(H,24,29). The Morgan fingerprint density at radius 1 is 1.28 bits per heavy atom. The molecule has 2 heterocycles. The molecular weight excluding hydrogens is 368 g/mol. The number of carbonyl (C=O) groups is 1. The first-order valence-electron chi connectivity index (χ1n) is 10.5. The number of likely N-dealkylation sites (N-methyl/N-ethyl adjacent to an activating group) is 1. The summed E-state index contributed by atoms with van der Waals surface area (Å²) in [7, 11) is 6.08. The third-order valence-electron chi connectivity index (χ3n) is 4.97. The second kappa shape index (κ2) is 11.2. The first-order valence-corrected chi connectivity index (χ1v) is 10.5. The fraction of sp³-hybridized carbons (Fsp3) is 0.750. The Morgan fingerprint density at radius 3 is 2.48 bits per heavy atom. The highest BCUT2D eigenvalue weighted by Crippen LogP contribution is 2.18. The molecule has 2 rings (SSSR count). The van der Waals surface area contributed by atoms with Crippen LogP contribution in [0.4, 0.5) is 0 Å². The van der Waals surface area contributed by atoms with Crippen LogP contribution in [0.3, 0.4) is 0 Å². The lowest BCUT2D eigenvalue weighted by molar-refractivity contribution is -0.123. The number of piperazine rings is 1. The van der Waals surface area contributed by atoms with Crippen molar-refractivity contribution in [2.24, 2.45) is 12.0 Å². The molecule has 1 aliphatic heterocycles. The van der Waals surface area contributed by atoms with Gasteiger partial charge in [-0.3, -0.25) is 19.4 Å². The Bertz CT molecular complexity index is 661. The molecule has 1 unspecified atom stereocenters. The van der Waals surface area contributed by atoms with E-state index in [4.69, 9.17) is 4.99 Å². The molecule has 1 aromatic heterocycles. The van der Waals surface area contributed by atoms with E-state index in [0.717, 1.165) is 44.2 Å². The SMILES string of the molecule is CCNC(=NCC(c1cnn(C)c1)N(C)C)N1CCN(CC(=O)NC(C)C)CC1. The molecule has 29 heavy (non-hydrogen) atoms. The zero-order valence-corrected chi connectivity index (χ0v) is 18.9. The smallest absolute Gasteiger partial charge is 0.234 e. The highest BCUT2D eigenvalue weighted by Gasteiger charge is 2.22. The third-order valence-corrected chi connectivity index (χ3v) is 4.97. The van der Waals surface area contributed by atoms with E-state index >= 15 is 0 Å². The van der Waals surface area contributed by atoms with Crippen molar-refractivity contribution in [2.75, 3.05) is 59.9 Å². The zero-order valence-electron chi connectivity index (χ0n) is 18.9. The second-order valence-corrected chi connectivity index (χ2v) is 8.11. The highest BCUT2D eigenvalue weighted by molar-refractivity contribution is 5.80. The van der Waals surface area contributed by atoms with Crippen LogP contribution in [0.5, 0.6) is 0 Å². The van der Waals surface area contributed by atoms with Gasteiger partial charge in [-0.2, -0.15) is 5.10 Å². The van der Waals surface area contributed by atoms with E-state index in [-0.39, 0.29) is 18.0 Å². The maximum atomic E-state index is 12.0. The Hall–Kier alpha value is -2.13. The van der Waals surface area contributed by atoms with E-state index in [2.05, 4.69) is 51.5 Å². The molecule has 164 valence electrons. The largest absolute Gasteiger partial charge is 0.357 e. The van der Waals surface area contributed by atoms with Crippen molar-refractivity contribution in [2.45, 2.75) is 32.9 Å². The predicted molar refractivity (Wildman–Crippen MR) is 117 cm³/mol. The predicted octanol–water partition coefficient (Wildman–Crippen LogP) is 0.131. The van der Waals surface area contributed by atoms with Crippen molar-refractivity contribution >= 4 is 11.9 Å². The summed E-state index contributed by atoms with van der Waals surface area (Å²) in [6.07, 6.45) is 3.96.